The van der Waals surface area contributed by atoms with Crippen molar-refractivity contribution in [3.63, 3.8) is 0 Å². The zero-order chi connectivity index (χ0) is 16.4. The Morgan fingerprint density at radius 2 is 1.78 bits per heavy atom. The molecule has 1 heterocycles. The molecule has 1 aliphatic rings. The first-order valence-electron chi connectivity index (χ1n) is 7.94. The molecule has 120 valence electrons. The number of benzene rings is 2. The fourth-order valence-electron chi connectivity index (χ4n) is 3.26. The minimum absolute atomic E-state index is 0.271. The molecule has 0 saturated carbocycles. The predicted molar refractivity (Wildman–Crippen MR) is 88.0 cm³/mol. The molecule has 23 heavy (non-hydrogen) atoms. The van der Waals surface area contributed by atoms with Gasteiger partial charge in [-0.3, -0.25) is 4.90 Å². The third-order valence-corrected chi connectivity index (χ3v) is 4.62. The van der Waals surface area contributed by atoms with Gasteiger partial charge in [-0.1, -0.05) is 36.4 Å². The number of hydrogen-bond donors (Lipinski definition) is 1. The SMILES string of the molecule is CC(c1ccc(-c2cccc(F)c2C(=O)O)cc1)N1CCCC1. The summed E-state index contributed by atoms with van der Waals surface area (Å²) >= 11 is 0. The predicted octanol–water partition coefficient (Wildman–Crippen LogP) is 4.35. The van der Waals surface area contributed by atoms with E-state index in [-0.39, 0.29) is 5.56 Å². The normalized spacial score (nSPS) is 16.4. The molecule has 0 aliphatic carbocycles. The van der Waals surface area contributed by atoms with E-state index in [2.05, 4.69) is 11.8 Å². The van der Waals surface area contributed by atoms with Gasteiger partial charge < -0.3 is 5.11 Å². The topological polar surface area (TPSA) is 40.5 Å². The van der Waals surface area contributed by atoms with Crippen molar-refractivity contribution in [3.8, 4) is 11.1 Å². The molecule has 1 N–H and O–H groups in total. The lowest BCUT2D eigenvalue weighted by molar-refractivity contribution is 0.0693. The Hall–Kier alpha value is -2.20. The van der Waals surface area contributed by atoms with Crippen molar-refractivity contribution in [2.75, 3.05) is 13.1 Å². The van der Waals surface area contributed by atoms with Crippen molar-refractivity contribution >= 4 is 5.97 Å². The maximum Gasteiger partial charge on any atom is 0.339 e. The van der Waals surface area contributed by atoms with Crippen molar-refractivity contribution in [3.05, 3.63) is 59.4 Å². The van der Waals surface area contributed by atoms with Crippen LogP contribution in [0.1, 0.15) is 41.7 Å². The Bertz CT molecular complexity index is 706. The first-order chi connectivity index (χ1) is 11.1. The molecule has 1 fully saturated rings. The Morgan fingerprint density at radius 1 is 1.13 bits per heavy atom. The number of rotatable bonds is 4. The van der Waals surface area contributed by atoms with Gasteiger partial charge in [0, 0.05) is 6.04 Å². The van der Waals surface area contributed by atoms with Crippen LogP contribution in [0.15, 0.2) is 42.5 Å². The molecular formula is C19H20FNO2. The van der Waals surface area contributed by atoms with E-state index in [9.17, 15) is 14.3 Å². The number of carboxylic acids is 1. The highest BCUT2D eigenvalue weighted by Gasteiger charge is 2.20. The van der Waals surface area contributed by atoms with Gasteiger partial charge in [0.15, 0.2) is 0 Å². The summed E-state index contributed by atoms with van der Waals surface area (Å²) in [6.07, 6.45) is 2.49. The van der Waals surface area contributed by atoms with E-state index < -0.39 is 11.8 Å². The monoisotopic (exact) mass is 313 g/mol. The van der Waals surface area contributed by atoms with Crippen molar-refractivity contribution < 1.29 is 14.3 Å². The second kappa shape index (κ2) is 6.50. The van der Waals surface area contributed by atoms with Crippen molar-refractivity contribution in [2.24, 2.45) is 0 Å². The molecule has 0 spiro atoms. The quantitative estimate of drug-likeness (QED) is 0.912. The fraction of sp³-hybridized carbons (Fsp3) is 0.316. The van der Waals surface area contributed by atoms with Crippen LogP contribution in [0.5, 0.6) is 0 Å². The summed E-state index contributed by atoms with van der Waals surface area (Å²) < 4.78 is 13.8. The molecule has 4 heteroatoms. The number of aromatic carboxylic acids is 1. The third-order valence-electron chi connectivity index (χ3n) is 4.62. The molecule has 0 bridgehead atoms. The van der Waals surface area contributed by atoms with E-state index in [4.69, 9.17) is 0 Å². The summed E-state index contributed by atoms with van der Waals surface area (Å²) in [5, 5.41) is 9.25. The second-order valence-corrected chi connectivity index (χ2v) is 6.01. The number of carboxylic acid groups (broad SMARTS) is 1. The van der Waals surface area contributed by atoms with Crippen LogP contribution in [0.25, 0.3) is 11.1 Å². The Kier molecular flexibility index (Phi) is 4.44. The first kappa shape index (κ1) is 15.7. The lowest BCUT2D eigenvalue weighted by atomic mass is 9.97. The molecule has 0 aromatic heterocycles. The number of likely N-dealkylation sites (tertiary alicyclic amines) is 1. The molecule has 1 atom stereocenters. The largest absolute Gasteiger partial charge is 0.478 e. The molecule has 0 radical (unpaired) electrons. The molecule has 2 aromatic carbocycles. The second-order valence-electron chi connectivity index (χ2n) is 6.01. The summed E-state index contributed by atoms with van der Waals surface area (Å²) in [6.45, 7) is 4.43. The van der Waals surface area contributed by atoms with Crippen molar-refractivity contribution in [1.82, 2.24) is 4.90 Å². The zero-order valence-corrected chi connectivity index (χ0v) is 13.1. The summed E-state index contributed by atoms with van der Waals surface area (Å²) in [5.74, 6) is -1.95. The van der Waals surface area contributed by atoms with Crippen LogP contribution in [-0.4, -0.2) is 29.1 Å². The molecule has 1 saturated heterocycles. The summed E-state index contributed by atoms with van der Waals surface area (Å²) in [4.78, 5) is 13.8. The molecular weight excluding hydrogens is 293 g/mol. The lowest BCUT2D eigenvalue weighted by Gasteiger charge is -2.24. The van der Waals surface area contributed by atoms with Crippen LogP contribution in [0.2, 0.25) is 0 Å². The van der Waals surface area contributed by atoms with Gasteiger partial charge >= 0.3 is 5.97 Å². The van der Waals surface area contributed by atoms with Crippen LogP contribution in [0.4, 0.5) is 4.39 Å². The first-order valence-corrected chi connectivity index (χ1v) is 7.94. The van der Waals surface area contributed by atoms with Gasteiger partial charge in [-0.25, -0.2) is 9.18 Å². The van der Waals surface area contributed by atoms with Crippen LogP contribution in [0, 0.1) is 5.82 Å². The summed E-state index contributed by atoms with van der Waals surface area (Å²) in [5.41, 5.74) is 2.06. The average molecular weight is 313 g/mol. The van der Waals surface area contributed by atoms with Gasteiger partial charge in [0.25, 0.3) is 0 Å². The molecule has 3 rings (SSSR count). The summed E-state index contributed by atoms with van der Waals surface area (Å²) in [6, 6.07) is 12.5. The van der Waals surface area contributed by atoms with Crippen molar-refractivity contribution in [1.29, 1.82) is 0 Å². The van der Waals surface area contributed by atoms with Crippen molar-refractivity contribution in [2.45, 2.75) is 25.8 Å². The fourth-order valence-corrected chi connectivity index (χ4v) is 3.26. The minimum atomic E-state index is -1.24. The number of hydrogen-bond acceptors (Lipinski definition) is 2. The van der Waals surface area contributed by atoms with E-state index >= 15 is 0 Å². The van der Waals surface area contributed by atoms with Gasteiger partial charge in [-0.05, 0) is 55.6 Å². The third kappa shape index (κ3) is 3.13. The van der Waals surface area contributed by atoms with Crippen LogP contribution < -0.4 is 0 Å². The molecule has 0 amide bonds. The van der Waals surface area contributed by atoms with Gasteiger partial charge in [0.05, 0.1) is 0 Å². The number of carbonyl (C=O) groups is 1. The van der Waals surface area contributed by atoms with Gasteiger partial charge in [0.1, 0.15) is 11.4 Å². The van der Waals surface area contributed by atoms with Crippen LogP contribution >= 0.6 is 0 Å². The lowest BCUT2D eigenvalue weighted by Crippen LogP contribution is -2.23. The molecule has 1 aliphatic heterocycles. The molecule has 1 unspecified atom stereocenters. The minimum Gasteiger partial charge on any atom is -0.478 e. The smallest absolute Gasteiger partial charge is 0.339 e. The zero-order valence-electron chi connectivity index (χ0n) is 13.1. The highest BCUT2D eigenvalue weighted by Crippen LogP contribution is 2.29. The highest BCUT2D eigenvalue weighted by molar-refractivity contribution is 5.96. The van der Waals surface area contributed by atoms with Crippen LogP contribution in [0.3, 0.4) is 0 Å². The van der Waals surface area contributed by atoms with Gasteiger partial charge in [0.2, 0.25) is 0 Å². The van der Waals surface area contributed by atoms with E-state index in [1.165, 1.54) is 30.5 Å². The maximum absolute atomic E-state index is 13.8. The van der Waals surface area contributed by atoms with E-state index in [0.29, 0.717) is 11.6 Å². The maximum atomic E-state index is 13.8. The van der Waals surface area contributed by atoms with Gasteiger partial charge in [-0.15, -0.1) is 0 Å². The average Bonchev–Trinajstić information content (AvgIpc) is 3.08. The Labute approximate surface area is 135 Å². The van der Waals surface area contributed by atoms with E-state index in [0.717, 1.165) is 18.7 Å². The highest BCUT2D eigenvalue weighted by atomic mass is 19.1. The van der Waals surface area contributed by atoms with E-state index in [1.54, 1.807) is 6.07 Å². The van der Waals surface area contributed by atoms with Crippen LogP contribution in [-0.2, 0) is 0 Å². The van der Waals surface area contributed by atoms with E-state index in [1.807, 2.05) is 24.3 Å². The number of halogens is 1. The Morgan fingerprint density at radius 3 is 2.39 bits per heavy atom. The molecule has 3 nitrogen and oxygen atoms in total. The Balaban J connectivity index is 1.91. The molecule has 2 aromatic rings. The summed E-state index contributed by atoms with van der Waals surface area (Å²) in [7, 11) is 0. The standard InChI is InChI=1S/C19H20FNO2/c1-13(21-11-2-3-12-21)14-7-9-15(10-8-14)16-5-4-6-17(20)18(16)19(22)23/h4-10,13H,2-3,11-12H2,1H3,(H,22,23). The van der Waals surface area contributed by atoms with Gasteiger partial charge in [-0.2, -0.15) is 0 Å². The number of nitrogens with zero attached hydrogens (tertiary/aromatic N) is 1.